The second-order valence-electron chi connectivity index (χ2n) is 4.40. The van der Waals surface area contributed by atoms with Crippen LogP contribution in [0.2, 0.25) is 0 Å². The third-order valence-electron chi connectivity index (χ3n) is 3.18. The van der Waals surface area contributed by atoms with Crippen molar-refractivity contribution in [2.45, 2.75) is 18.9 Å². The maximum atomic E-state index is 11.0. The Kier molecular flexibility index (Phi) is 3.44. The standard InChI is InChI=1S/C12H14N4O2/c13-8-9-1-2-11(16(17)18)12(7-9)15-5-3-10(14)4-6-15/h1-2,7,10H,3-6,14H2. The number of nitrogens with two attached hydrogens (primary N) is 1. The van der Waals surface area contributed by atoms with Crippen LogP contribution in [0.5, 0.6) is 0 Å². The second kappa shape index (κ2) is 5.02. The van der Waals surface area contributed by atoms with Crippen molar-refractivity contribution < 1.29 is 4.92 Å². The van der Waals surface area contributed by atoms with E-state index in [4.69, 9.17) is 11.0 Å². The molecule has 1 fully saturated rings. The van der Waals surface area contributed by atoms with E-state index in [1.54, 1.807) is 6.07 Å². The molecule has 6 nitrogen and oxygen atoms in total. The van der Waals surface area contributed by atoms with Gasteiger partial charge in [0.15, 0.2) is 0 Å². The van der Waals surface area contributed by atoms with Gasteiger partial charge in [-0.15, -0.1) is 0 Å². The molecule has 0 radical (unpaired) electrons. The molecule has 0 unspecified atom stereocenters. The summed E-state index contributed by atoms with van der Waals surface area (Å²) in [5, 5.41) is 19.9. The molecular formula is C12H14N4O2. The predicted molar refractivity (Wildman–Crippen MR) is 67.2 cm³/mol. The van der Waals surface area contributed by atoms with E-state index in [9.17, 15) is 10.1 Å². The van der Waals surface area contributed by atoms with E-state index in [0.29, 0.717) is 24.3 Å². The van der Waals surface area contributed by atoms with Crippen LogP contribution in [-0.2, 0) is 0 Å². The van der Waals surface area contributed by atoms with Crippen LogP contribution in [-0.4, -0.2) is 24.1 Å². The van der Waals surface area contributed by atoms with Gasteiger partial charge in [-0.05, 0) is 25.0 Å². The lowest BCUT2D eigenvalue weighted by Gasteiger charge is -2.31. The Morgan fingerprint density at radius 2 is 2.11 bits per heavy atom. The van der Waals surface area contributed by atoms with E-state index in [-0.39, 0.29) is 11.7 Å². The third-order valence-corrected chi connectivity index (χ3v) is 3.18. The van der Waals surface area contributed by atoms with Gasteiger partial charge < -0.3 is 10.6 Å². The van der Waals surface area contributed by atoms with Gasteiger partial charge in [0.1, 0.15) is 5.69 Å². The van der Waals surface area contributed by atoms with E-state index in [1.807, 2.05) is 11.0 Å². The number of hydrogen-bond donors (Lipinski definition) is 1. The zero-order valence-corrected chi connectivity index (χ0v) is 9.87. The van der Waals surface area contributed by atoms with Gasteiger partial charge in [0.05, 0.1) is 16.6 Å². The molecule has 0 spiro atoms. The quantitative estimate of drug-likeness (QED) is 0.628. The Morgan fingerprint density at radius 3 is 2.67 bits per heavy atom. The van der Waals surface area contributed by atoms with E-state index in [1.165, 1.54) is 12.1 Å². The van der Waals surface area contributed by atoms with E-state index in [0.717, 1.165) is 12.8 Å². The van der Waals surface area contributed by atoms with Gasteiger partial charge in [-0.25, -0.2) is 0 Å². The highest BCUT2D eigenvalue weighted by molar-refractivity contribution is 5.66. The lowest BCUT2D eigenvalue weighted by atomic mass is 10.0. The van der Waals surface area contributed by atoms with Gasteiger partial charge in [0.2, 0.25) is 0 Å². The van der Waals surface area contributed by atoms with Crippen molar-refractivity contribution in [3.8, 4) is 6.07 Å². The molecule has 1 saturated heterocycles. The van der Waals surface area contributed by atoms with Crippen LogP contribution in [0.1, 0.15) is 18.4 Å². The molecule has 0 amide bonds. The molecule has 1 aromatic rings. The molecule has 0 aromatic heterocycles. The topological polar surface area (TPSA) is 96.2 Å². The number of nitrogens with zero attached hydrogens (tertiary/aromatic N) is 3. The molecule has 1 aliphatic heterocycles. The highest BCUT2D eigenvalue weighted by Gasteiger charge is 2.23. The first-order valence-electron chi connectivity index (χ1n) is 5.81. The number of nitriles is 1. The van der Waals surface area contributed by atoms with Crippen LogP contribution >= 0.6 is 0 Å². The maximum absolute atomic E-state index is 11.0. The van der Waals surface area contributed by atoms with Gasteiger partial charge in [0.25, 0.3) is 5.69 Å². The first kappa shape index (κ1) is 12.3. The SMILES string of the molecule is N#Cc1ccc([N+](=O)[O-])c(N2CCC(N)CC2)c1. The van der Waals surface area contributed by atoms with Crippen LogP contribution < -0.4 is 10.6 Å². The Morgan fingerprint density at radius 1 is 1.44 bits per heavy atom. The molecule has 1 aromatic carbocycles. The summed E-state index contributed by atoms with van der Waals surface area (Å²) in [7, 11) is 0. The minimum atomic E-state index is -0.412. The molecule has 1 heterocycles. The number of nitro benzene ring substituents is 1. The Hall–Kier alpha value is -2.13. The molecule has 2 N–H and O–H groups in total. The summed E-state index contributed by atoms with van der Waals surface area (Å²) >= 11 is 0. The summed E-state index contributed by atoms with van der Waals surface area (Å²) in [6, 6.07) is 6.61. The smallest absolute Gasteiger partial charge is 0.292 e. The highest BCUT2D eigenvalue weighted by atomic mass is 16.6. The molecule has 1 aliphatic rings. The lowest BCUT2D eigenvalue weighted by Crippen LogP contribution is -2.39. The zero-order chi connectivity index (χ0) is 13.1. The highest BCUT2D eigenvalue weighted by Crippen LogP contribution is 2.30. The summed E-state index contributed by atoms with van der Waals surface area (Å²) in [6.07, 6.45) is 1.63. The van der Waals surface area contributed by atoms with Crippen LogP contribution in [0, 0.1) is 21.4 Å². The molecular weight excluding hydrogens is 232 g/mol. The number of rotatable bonds is 2. The fourth-order valence-electron chi connectivity index (χ4n) is 2.14. The van der Waals surface area contributed by atoms with Crippen LogP contribution in [0.4, 0.5) is 11.4 Å². The molecule has 0 saturated carbocycles. The third kappa shape index (κ3) is 2.41. The number of anilines is 1. The largest absolute Gasteiger partial charge is 0.366 e. The molecule has 0 atom stereocenters. The Labute approximate surface area is 105 Å². The molecule has 18 heavy (non-hydrogen) atoms. The molecule has 0 aliphatic carbocycles. The van der Waals surface area contributed by atoms with E-state index < -0.39 is 4.92 Å². The van der Waals surface area contributed by atoms with Crippen LogP contribution in [0.3, 0.4) is 0 Å². The minimum Gasteiger partial charge on any atom is -0.366 e. The zero-order valence-electron chi connectivity index (χ0n) is 9.87. The number of hydrogen-bond acceptors (Lipinski definition) is 5. The summed E-state index contributed by atoms with van der Waals surface area (Å²) in [4.78, 5) is 12.5. The summed E-state index contributed by atoms with van der Waals surface area (Å²) in [5.41, 5.74) is 6.82. The first-order chi connectivity index (χ1) is 8.61. The minimum absolute atomic E-state index is 0.0458. The maximum Gasteiger partial charge on any atom is 0.292 e. The number of nitro groups is 1. The predicted octanol–water partition coefficient (Wildman–Crippen LogP) is 1.39. The molecule has 94 valence electrons. The van der Waals surface area contributed by atoms with Crippen LogP contribution in [0.25, 0.3) is 0 Å². The normalized spacial score (nSPS) is 16.3. The second-order valence-corrected chi connectivity index (χ2v) is 4.40. The Bertz CT molecular complexity index is 501. The molecule has 2 rings (SSSR count). The fraction of sp³-hybridized carbons (Fsp3) is 0.417. The number of benzene rings is 1. The summed E-state index contributed by atoms with van der Waals surface area (Å²) in [6.45, 7) is 1.38. The first-order valence-corrected chi connectivity index (χ1v) is 5.81. The van der Waals surface area contributed by atoms with Gasteiger partial charge >= 0.3 is 0 Å². The van der Waals surface area contributed by atoms with Crippen molar-refractivity contribution in [3.63, 3.8) is 0 Å². The van der Waals surface area contributed by atoms with Gasteiger partial charge in [0, 0.05) is 25.2 Å². The van der Waals surface area contributed by atoms with E-state index in [2.05, 4.69) is 0 Å². The monoisotopic (exact) mass is 246 g/mol. The van der Waals surface area contributed by atoms with Crippen molar-refractivity contribution >= 4 is 11.4 Å². The van der Waals surface area contributed by atoms with Crippen molar-refractivity contribution in [3.05, 3.63) is 33.9 Å². The average Bonchev–Trinajstić information content (AvgIpc) is 2.38. The van der Waals surface area contributed by atoms with Crippen molar-refractivity contribution in [2.75, 3.05) is 18.0 Å². The van der Waals surface area contributed by atoms with Gasteiger partial charge in [-0.3, -0.25) is 10.1 Å². The molecule has 6 heteroatoms. The van der Waals surface area contributed by atoms with Gasteiger partial charge in [-0.2, -0.15) is 5.26 Å². The van der Waals surface area contributed by atoms with E-state index >= 15 is 0 Å². The average molecular weight is 246 g/mol. The van der Waals surface area contributed by atoms with Crippen LogP contribution in [0.15, 0.2) is 18.2 Å². The lowest BCUT2D eigenvalue weighted by molar-refractivity contribution is -0.384. The van der Waals surface area contributed by atoms with Gasteiger partial charge in [-0.1, -0.05) is 0 Å². The van der Waals surface area contributed by atoms with Crippen molar-refractivity contribution in [1.29, 1.82) is 5.26 Å². The summed E-state index contributed by atoms with van der Waals surface area (Å²) < 4.78 is 0. The summed E-state index contributed by atoms with van der Waals surface area (Å²) in [5.74, 6) is 0. The number of piperidine rings is 1. The van der Waals surface area contributed by atoms with Crippen molar-refractivity contribution in [2.24, 2.45) is 5.73 Å². The fourth-order valence-corrected chi connectivity index (χ4v) is 2.14. The van der Waals surface area contributed by atoms with Crippen molar-refractivity contribution in [1.82, 2.24) is 0 Å². The molecule has 0 bridgehead atoms. The Balaban J connectivity index is 2.35.